The molecule has 0 saturated heterocycles. The fourth-order valence-corrected chi connectivity index (χ4v) is 10.1. The molecule has 2 N–H and O–H groups in total. The van der Waals surface area contributed by atoms with Crippen molar-refractivity contribution in [2.75, 3.05) is 40.9 Å². The zero-order valence-corrected chi connectivity index (χ0v) is 52.8. The molecular formula is C68H126N2O7P+. The van der Waals surface area contributed by atoms with Crippen molar-refractivity contribution in [1.29, 1.82) is 0 Å². The summed E-state index contributed by atoms with van der Waals surface area (Å²) < 4.78 is 30.7. The van der Waals surface area contributed by atoms with Crippen LogP contribution in [0, 0.1) is 0 Å². The van der Waals surface area contributed by atoms with E-state index in [1.807, 2.05) is 33.3 Å². The van der Waals surface area contributed by atoms with Crippen LogP contribution in [0.5, 0.6) is 0 Å². The van der Waals surface area contributed by atoms with Gasteiger partial charge in [0.15, 0.2) is 0 Å². The van der Waals surface area contributed by atoms with E-state index in [1.54, 1.807) is 0 Å². The molecule has 0 saturated carbocycles. The summed E-state index contributed by atoms with van der Waals surface area (Å²) >= 11 is 0. The third-order valence-corrected chi connectivity index (χ3v) is 15.4. The summed E-state index contributed by atoms with van der Waals surface area (Å²) in [4.78, 5) is 37.8. The van der Waals surface area contributed by atoms with E-state index in [0.29, 0.717) is 23.9 Å². The first-order chi connectivity index (χ1) is 37.9. The van der Waals surface area contributed by atoms with Gasteiger partial charge >= 0.3 is 13.8 Å². The standard InChI is InChI=1S/C68H125N2O7P/c1-7-10-13-16-19-22-25-28-30-31-32-33-34-35-36-37-38-39-40-42-45-48-51-54-57-60-67(71)69-65(64-76-78(73,74)75-63-62-70(4,5)6)66(59-56-53-50-47-44-41-27-24-21-18-15-12-9-3)77-68(72)61-58-55-52-49-46-43-29-26-23-20-17-14-11-8-2/h11,14,19-20,22-23,28-30,43,56,59,65-66H,7-10,12-13,15-18,21,24-27,31-42,44-55,57-58,60-64H2,1-6H3,(H-,69,71,73,74)/p+1/b14-11+,22-19-,23-20+,30-28-,43-29+,59-56-. The number of quaternary nitrogens is 1. The molecule has 10 heteroatoms. The van der Waals surface area contributed by atoms with Crippen LogP contribution < -0.4 is 5.32 Å². The summed E-state index contributed by atoms with van der Waals surface area (Å²) in [6.07, 6.45) is 74.8. The molecule has 0 aliphatic rings. The minimum Gasteiger partial charge on any atom is -0.456 e. The van der Waals surface area contributed by atoms with Crippen LogP contribution in [-0.2, 0) is 27.9 Å². The number of phosphoric ester groups is 1. The van der Waals surface area contributed by atoms with Gasteiger partial charge in [0.05, 0.1) is 33.8 Å². The van der Waals surface area contributed by atoms with Gasteiger partial charge in [-0.25, -0.2) is 4.57 Å². The molecule has 0 aliphatic carbocycles. The SMILES string of the molecule is CC/C=C/C/C=C/C/C=C/CCCCCCC(=O)OC(/C=C\CCCCCCCCCCCCC)C(COP(=O)(O)OCC[N+](C)(C)C)NC(=O)CCCCCCCCCCCCCCCCC/C=C\C/C=C\CCCCC. The average molecular weight is 1110 g/mol. The van der Waals surface area contributed by atoms with Gasteiger partial charge in [-0.15, -0.1) is 0 Å². The fraction of sp³-hybridized carbons (Fsp3) is 0.794. The molecule has 0 aromatic carbocycles. The highest BCUT2D eigenvalue weighted by molar-refractivity contribution is 7.47. The van der Waals surface area contributed by atoms with E-state index in [1.165, 1.54) is 167 Å². The van der Waals surface area contributed by atoms with E-state index >= 15 is 0 Å². The Labute approximate surface area is 483 Å². The topological polar surface area (TPSA) is 111 Å². The van der Waals surface area contributed by atoms with Gasteiger partial charge in [-0.05, 0) is 96.0 Å². The van der Waals surface area contributed by atoms with Crippen molar-refractivity contribution in [2.24, 2.45) is 0 Å². The maximum Gasteiger partial charge on any atom is 0.472 e. The first kappa shape index (κ1) is 75.5. The number of hydrogen-bond donors (Lipinski definition) is 2. The Balaban J connectivity index is 5.12. The maximum absolute atomic E-state index is 13.6. The largest absolute Gasteiger partial charge is 0.472 e. The lowest BCUT2D eigenvalue weighted by molar-refractivity contribution is -0.870. The van der Waals surface area contributed by atoms with Gasteiger partial charge < -0.3 is 19.4 Å². The van der Waals surface area contributed by atoms with Gasteiger partial charge in [0.2, 0.25) is 5.91 Å². The minimum atomic E-state index is -4.46. The van der Waals surface area contributed by atoms with Gasteiger partial charge in [-0.3, -0.25) is 18.6 Å². The summed E-state index contributed by atoms with van der Waals surface area (Å²) in [6, 6.07) is -0.859. The number of nitrogens with one attached hydrogen (secondary N) is 1. The zero-order chi connectivity index (χ0) is 57.2. The van der Waals surface area contributed by atoms with E-state index in [-0.39, 0.29) is 31.5 Å². The summed E-state index contributed by atoms with van der Waals surface area (Å²) in [5, 5.41) is 3.06. The molecule has 78 heavy (non-hydrogen) atoms. The fourth-order valence-electron chi connectivity index (χ4n) is 9.34. The van der Waals surface area contributed by atoms with E-state index in [4.69, 9.17) is 13.8 Å². The number of nitrogens with zero attached hydrogens (tertiary/aromatic N) is 1. The van der Waals surface area contributed by atoms with Crippen molar-refractivity contribution in [3.8, 4) is 0 Å². The van der Waals surface area contributed by atoms with Gasteiger partial charge in [0.1, 0.15) is 19.3 Å². The zero-order valence-electron chi connectivity index (χ0n) is 51.9. The Morgan fingerprint density at radius 3 is 1.26 bits per heavy atom. The smallest absolute Gasteiger partial charge is 0.456 e. The molecule has 0 heterocycles. The van der Waals surface area contributed by atoms with Crippen LogP contribution in [0.15, 0.2) is 72.9 Å². The predicted molar refractivity (Wildman–Crippen MR) is 337 cm³/mol. The normalized spacial score (nSPS) is 14.1. The second-order valence-corrected chi connectivity index (χ2v) is 24.7. The molecule has 0 aromatic heterocycles. The first-order valence-electron chi connectivity index (χ1n) is 32.8. The van der Waals surface area contributed by atoms with Crippen molar-refractivity contribution in [3.05, 3.63) is 72.9 Å². The summed E-state index contributed by atoms with van der Waals surface area (Å²) in [6.45, 7) is 6.88. The highest BCUT2D eigenvalue weighted by atomic mass is 31.2. The molecule has 0 radical (unpaired) electrons. The lowest BCUT2D eigenvalue weighted by Gasteiger charge is -2.27. The molecule has 0 rings (SSSR count). The van der Waals surface area contributed by atoms with E-state index in [9.17, 15) is 19.0 Å². The van der Waals surface area contributed by atoms with Crippen LogP contribution in [0.2, 0.25) is 0 Å². The third-order valence-electron chi connectivity index (χ3n) is 14.4. The summed E-state index contributed by atoms with van der Waals surface area (Å²) in [5.74, 6) is -0.525. The maximum atomic E-state index is 13.6. The van der Waals surface area contributed by atoms with E-state index < -0.39 is 20.0 Å². The molecular weight excluding hydrogens is 988 g/mol. The number of carbonyl (C=O) groups excluding carboxylic acids is 2. The summed E-state index contributed by atoms with van der Waals surface area (Å²) in [5.41, 5.74) is 0. The molecule has 3 unspecified atom stereocenters. The Bertz CT molecular complexity index is 1570. The molecule has 0 bridgehead atoms. The number of amides is 1. The predicted octanol–water partition coefficient (Wildman–Crippen LogP) is 20.4. The number of unbranched alkanes of at least 4 members (excludes halogenated alkanes) is 33. The number of carbonyl (C=O) groups is 2. The van der Waals surface area contributed by atoms with Crippen molar-refractivity contribution in [2.45, 2.75) is 309 Å². The number of esters is 1. The van der Waals surface area contributed by atoms with Crippen molar-refractivity contribution >= 4 is 19.7 Å². The van der Waals surface area contributed by atoms with Crippen LogP contribution in [0.25, 0.3) is 0 Å². The molecule has 0 aliphatic heterocycles. The first-order valence-corrected chi connectivity index (χ1v) is 34.3. The molecule has 0 fully saturated rings. The van der Waals surface area contributed by atoms with Gasteiger partial charge in [-0.2, -0.15) is 0 Å². The molecule has 454 valence electrons. The second kappa shape index (κ2) is 57.7. The van der Waals surface area contributed by atoms with E-state index in [0.717, 1.165) is 89.9 Å². The second-order valence-electron chi connectivity index (χ2n) is 23.3. The van der Waals surface area contributed by atoms with E-state index in [2.05, 4.69) is 86.8 Å². The highest BCUT2D eigenvalue weighted by Crippen LogP contribution is 2.43. The Morgan fingerprint density at radius 2 is 0.821 bits per heavy atom. The van der Waals surface area contributed by atoms with Gasteiger partial charge in [0.25, 0.3) is 0 Å². The Morgan fingerprint density at radius 1 is 0.462 bits per heavy atom. The Hall–Kier alpha value is -2.55. The number of rotatable bonds is 59. The molecule has 0 aromatic rings. The lowest BCUT2D eigenvalue weighted by atomic mass is 10.0. The Kier molecular flexibility index (Phi) is 55.8. The van der Waals surface area contributed by atoms with Crippen LogP contribution in [0.3, 0.4) is 0 Å². The van der Waals surface area contributed by atoms with Crippen LogP contribution in [0.1, 0.15) is 297 Å². The monoisotopic (exact) mass is 1110 g/mol. The van der Waals surface area contributed by atoms with Crippen molar-refractivity contribution in [1.82, 2.24) is 5.32 Å². The number of hydrogen-bond acceptors (Lipinski definition) is 6. The summed E-state index contributed by atoms with van der Waals surface area (Å²) in [7, 11) is 1.48. The number of likely N-dealkylation sites (N-methyl/N-ethyl adjacent to an activating group) is 1. The minimum absolute atomic E-state index is 0.0351. The van der Waals surface area contributed by atoms with Crippen LogP contribution >= 0.6 is 7.82 Å². The molecule has 9 nitrogen and oxygen atoms in total. The van der Waals surface area contributed by atoms with Crippen LogP contribution in [0.4, 0.5) is 0 Å². The number of allylic oxidation sites excluding steroid dienone is 11. The van der Waals surface area contributed by atoms with Crippen molar-refractivity contribution in [3.63, 3.8) is 0 Å². The van der Waals surface area contributed by atoms with Crippen LogP contribution in [-0.4, -0.2) is 74.3 Å². The van der Waals surface area contributed by atoms with Gasteiger partial charge in [-0.1, -0.05) is 261 Å². The molecule has 0 spiro atoms. The third kappa shape index (κ3) is 58.1. The molecule has 1 amide bonds. The highest BCUT2D eigenvalue weighted by Gasteiger charge is 2.30. The average Bonchev–Trinajstić information content (AvgIpc) is 3.40. The quantitative estimate of drug-likeness (QED) is 0.0205. The lowest BCUT2D eigenvalue weighted by Crippen LogP contribution is -2.47. The number of ether oxygens (including phenoxy) is 1. The number of phosphoric acid groups is 1. The van der Waals surface area contributed by atoms with Gasteiger partial charge in [0, 0.05) is 12.8 Å². The van der Waals surface area contributed by atoms with Crippen molar-refractivity contribution < 1.29 is 37.3 Å². The molecule has 3 atom stereocenters.